The van der Waals surface area contributed by atoms with Crippen molar-refractivity contribution in [3.63, 3.8) is 0 Å². The Morgan fingerprint density at radius 3 is 2.50 bits per heavy atom. The summed E-state index contributed by atoms with van der Waals surface area (Å²) < 4.78 is 1.87. The predicted octanol–water partition coefficient (Wildman–Crippen LogP) is 5.62. The largest absolute Gasteiger partial charge is 0.507 e. The van der Waals surface area contributed by atoms with Gasteiger partial charge in [0.25, 0.3) is 0 Å². The highest BCUT2D eigenvalue weighted by Gasteiger charge is 2.09. The molecule has 0 radical (unpaired) electrons. The van der Waals surface area contributed by atoms with Crippen LogP contribution in [-0.2, 0) is 0 Å². The second-order valence-corrected chi connectivity index (χ2v) is 6.97. The third kappa shape index (κ3) is 2.71. The Balaban J connectivity index is 2.09. The third-order valence-corrected chi connectivity index (χ3v) is 5.24. The molecular weight excluding hydrogens is 402 g/mol. The minimum atomic E-state index is 0.299. The molecule has 0 bridgehead atoms. The quantitative estimate of drug-likeness (QED) is 0.595. The minimum absolute atomic E-state index is 0.299. The molecule has 3 aromatic rings. The summed E-state index contributed by atoms with van der Waals surface area (Å²) in [5.74, 6) is 0.299. The van der Waals surface area contributed by atoms with Crippen LogP contribution in [0.3, 0.4) is 0 Å². The zero-order chi connectivity index (χ0) is 14.1. The molecule has 3 rings (SSSR count). The molecule has 0 saturated carbocycles. The first kappa shape index (κ1) is 13.9. The lowest BCUT2D eigenvalue weighted by Crippen LogP contribution is -1.84. The standard InChI is InChI=1S/C15H9Br2NOS/c16-9-7-12(17)15(18-8-9)20-14-6-5-13(19)10-3-1-2-4-11(10)14/h1-8,19H. The number of benzene rings is 2. The van der Waals surface area contributed by atoms with Gasteiger partial charge in [-0.15, -0.1) is 0 Å². The lowest BCUT2D eigenvalue weighted by Gasteiger charge is -2.08. The van der Waals surface area contributed by atoms with Crippen molar-refractivity contribution in [3.05, 3.63) is 57.6 Å². The third-order valence-electron chi connectivity index (χ3n) is 2.84. The van der Waals surface area contributed by atoms with Gasteiger partial charge in [-0.2, -0.15) is 0 Å². The average molecular weight is 411 g/mol. The van der Waals surface area contributed by atoms with E-state index in [2.05, 4.69) is 36.8 Å². The number of rotatable bonds is 2. The maximum atomic E-state index is 9.91. The molecule has 0 spiro atoms. The maximum Gasteiger partial charge on any atom is 0.123 e. The zero-order valence-electron chi connectivity index (χ0n) is 10.2. The number of pyridine rings is 1. The van der Waals surface area contributed by atoms with Crippen molar-refractivity contribution in [1.29, 1.82) is 0 Å². The number of phenols is 1. The summed E-state index contributed by atoms with van der Waals surface area (Å²) in [7, 11) is 0. The molecule has 0 aliphatic carbocycles. The van der Waals surface area contributed by atoms with Crippen LogP contribution in [0.4, 0.5) is 0 Å². The molecule has 5 heteroatoms. The summed E-state index contributed by atoms with van der Waals surface area (Å²) in [6, 6.07) is 13.4. The van der Waals surface area contributed by atoms with E-state index in [0.29, 0.717) is 5.75 Å². The molecule has 0 saturated heterocycles. The molecule has 20 heavy (non-hydrogen) atoms. The van der Waals surface area contributed by atoms with E-state index in [1.165, 1.54) is 0 Å². The van der Waals surface area contributed by atoms with Crippen LogP contribution in [0.25, 0.3) is 10.8 Å². The van der Waals surface area contributed by atoms with Gasteiger partial charge in [-0.25, -0.2) is 4.98 Å². The number of hydrogen-bond donors (Lipinski definition) is 1. The molecule has 0 unspecified atom stereocenters. The van der Waals surface area contributed by atoms with Crippen LogP contribution in [-0.4, -0.2) is 10.1 Å². The molecule has 1 N–H and O–H groups in total. The van der Waals surface area contributed by atoms with Gasteiger partial charge in [0.1, 0.15) is 10.8 Å². The van der Waals surface area contributed by atoms with Crippen LogP contribution >= 0.6 is 43.6 Å². The molecule has 0 fully saturated rings. The SMILES string of the molecule is Oc1ccc(Sc2ncc(Br)cc2Br)c2ccccc12. The van der Waals surface area contributed by atoms with E-state index >= 15 is 0 Å². The fraction of sp³-hybridized carbons (Fsp3) is 0. The fourth-order valence-electron chi connectivity index (χ4n) is 1.93. The number of hydrogen-bond acceptors (Lipinski definition) is 3. The van der Waals surface area contributed by atoms with Crippen molar-refractivity contribution >= 4 is 54.4 Å². The van der Waals surface area contributed by atoms with Gasteiger partial charge in [-0.05, 0) is 55.4 Å². The van der Waals surface area contributed by atoms with E-state index in [9.17, 15) is 5.11 Å². The van der Waals surface area contributed by atoms with E-state index in [-0.39, 0.29) is 0 Å². The molecule has 2 nitrogen and oxygen atoms in total. The Labute approximate surface area is 137 Å². The van der Waals surface area contributed by atoms with E-state index in [4.69, 9.17) is 0 Å². The highest BCUT2D eigenvalue weighted by atomic mass is 79.9. The molecule has 100 valence electrons. The van der Waals surface area contributed by atoms with Gasteiger partial charge in [0.15, 0.2) is 0 Å². The zero-order valence-corrected chi connectivity index (χ0v) is 14.2. The smallest absolute Gasteiger partial charge is 0.123 e. The number of aromatic hydroxyl groups is 1. The van der Waals surface area contributed by atoms with Gasteiger partial charge in [0.05, 0.1) is 4.47 Å². The minimum Gasteiger partial charge on any atom is -0.507 e. The first-order chi connectivity index (χ1) is 9.65. The van der Waals surface area contributed by atoms with E-state index in [1.807, 2.05) is 36.4 Å². The first-order valence-corrected chi connectivity index (χ1v) is 8.25. The molecule has 1 aromatic heterocycles. The van der Waals surface area contributed by atoms with Gasteiger partial charge >= 0.3 is 0 Å². The Bertz CT molecular complexity index is 792. The molecule has 0 aliphatic rings. The molecule has 2 aromatic carbocycles. The maximum absolute atomic E-state index is 9.91. The monoisotopic (exact) mass is 409 g/mol. The van der Waals surface area contributed by atoms with Crippen molar-refractivity contribution in [2.45, 2.75) is 9.92 Å². The van der Waals surface area contributed by atoms with Gasteiger partial charge < -0.3 is 5.11 Å². The van der Waals surface area contributed by atoms with Crippen LogP contribution in [0, 0.1) is 0 Å². The summed E-state index contributed by atoms with van der Waals surface area (Å²) in [5, 5.41) is 12.7. The number of halogens is 2. The van der Waals surface area contributed by atoms with Crippen LogP contribution in [0.1, 0.15) is 0 Å². The van der Waals surface area contributed by atoms with Crippen LogP contribution < -0.4 is 0 Å². The first-order valence-electron chi connectivity index (χ1n) is 5.85. The Morgan fingerprint density at radius 1 is 1.00 bits per heavy atom. The van der Waals surface area contributed by atoms with E-state index in [1.54, 1.807) is 24.0 Å². The fourth-order valence-corrected chi connectivity index (χ4v) is 4.05. The summed E-state index contributed by atoms with van der Waals surface area (Å²) in [6.45, 7) is 0. The second-order valence-electron chi connectivity index (χ2n) is 4.17. The Morgan fingerprint density at radius 2 is 1.75 bits per heavy atom. The van der Waals surface area contributed by atoms with Crippen molar-refractivity contribution in [2.24, 2.45) is 0 Å². The molecule has 0 atom stereocenters. The number of phenolic OH excluding ortho intramolecular Hbond substituents is 1. The highest BCUT2D eigenvalue weighted by Crippen LogP contribution is 2.39. The average Bonchev–Trinajstić information content (AvgIpc) is 2.45. The molecule has 0 aliphatic heterocycles. The molecule has 1 heterocycles. The Hall–Kier alpha value is -1.04. The predicted molar refractivity (Wildman–Crippen MR) is 89.4 cm³/mol. The topological polar surface area (TPSA) is 33.1 Å². The van der Waals surface area contributed by atoms with E-state index in [0.717, 1.165) is 29.6 Å². The van der Waals surface area contributed by atoms with Crippen molar-refractivity contribution in [1.82, 2.24) is 4.98 Å². The summed E-state index contributed by atoms with van der Waals surface area (Å²) >= 11 is 8.49. The molecular formula is C15H9Br2NOS. The van der Waals surface area contributed by atoms with Crippen molar-refractivity contribution < 1.29 is 5.11 Å². The van der Waals surface area contributed by atoms with Crippen molar-refractivity contribution in [3.8, 4) is 5.75 Å². The van der Waals surface area contributed by atoms with Gasteiger partial charge in [-0.1, -0.05) is 36.0 Å². The Kier molecular flexibility index (Phi) is 4.01. The highest BCUT2D eigenvalue weighted by molar-refractivity contribution is 9.11. The van der Waals surface area contributed by atoms with Crippen LogP contribution in [0.15, 0.2) is 67.5 Å². The normalized spacial score (nSPS) is 10.9. The van der Waals surface area contributed by atoms with Gasteiger partial charge in [-0.3, -0.25) is 0 Å². The summed E-state index contributed by atoms with van der Waals surface area (Å²) in [5.41, 5.74) is 0. The van der Waals surface area contributed by atoms with Crippen molar-refractivity contribution in [2.75, 3.05) is 0 Å². The lowest BCUT2D eigenvalue weighted by atomic mass is 10.1. The summed E-state index contributed by atoms with van der Waals surface area (Å²) in [6.07, 6.45) is 1.77. The lowest BCUT2D eigenvalue weighted by molar-refractivity contribution is 0.481. The number of nitrogens with zero attached hydrogens (tertiary/aromatic N) is 1. The number of fused-ring (bicyclic) bond motifs is 1. The number of aromatic nitrogens is 1. The van der Waals surface area contributed by atoms with Gasteiger partial charge in [0.2, 0.25) is 0 Å². The van der Waals surface area contributed by atoms with Gasteiger partial charge in [0, 0.05) is 21.0 Å². The molecule has 0 amide bonds. The van der Waals surface area contributed by atoms with Crippen LogP contribution in [0.2, 0.25) is 0 Å². The summed E-state index contributed by atoms with van der Waals surface area (Å²) in [4.78, 5) is 5.47. The van der Waals surface area contributed by atoms with E-state index < -0.39 is 0 Å². The second kappa shape index (κ2) is 5.76. The van der Waals surface area contributed by atoms with Crippen LogP contribution in [0.5, 0.6) is 5.75 Å².